The largest absolute Gasteiger partial charge is 0.434 e. The lowest BCUT2D eigenvalue weighted by Gasteiger charge is -2.31. The number of alkyl halides is 5. The summed E-state index contributed by atoms with van der Waals surface area (Å²) in [4.78, 5) is 13.0. The van der Waals surface area contributed by atoms with Crippen molar-refractivity contribution in [2.24, 2.45) is 0 Å². The average molecular weight is 457 g/mol. The van der Waals surface area contributed by atoms with E-state index in [0.717, 1.165) is 12.1 Å². The molecule has 0 aromatic heterocycles. The van der Waals surface area contributed by atoms with Crippen LogP contribution >= 0.6 is 12.2 Å². The van der Waals surface area contributed by atoms with Crippen LogP contribution in [0.2, 0.25) is 0 Å². The van der Waals surface area contributed by atoms with Crippen molar-refractivity contribution in [1.29, 1.82) is 0 Å². The third-order valence-corrected chi connectivity index (χ3v) is 4.66. The van der Waals surface area contributed by atoms with Gasteiger partial charge in [0.05, 0.1) is 22.9 Å². The number of thiocarbonyl (C=S) groups is 1. The first-order chi connectivity index (χ1) is 14.6. The molecule has 0 unspecified atom stereocenters. The van der Waals surface area contributed by atoms with Crippen molar-refractivity contribution in [3.05, 3.63) is 70.9 Å². The molecule has 2 aromatic carbocycles. The Bertz CT molecular complexity index is 1040. The van der Waals surface area contributed by atoms with Crippen LogP contribution < -0.4 is 20.7 Å². The number of hydrogen-bond donors (Lipinski definition) is 3. The van der Waals surface area contributed by atoms with Crippen molar-refractivity contribution >= 4 is 28.9 Å². The lowest BCUT2D eigenvalue weighted by molar-refractivity contribution is -0.137. The molecule has 11 heteroatoms. The van der Waals surface area contributed by atoms with Gasteiger partial charge in [-0.3, -0.25) is 4.79 Å². The summed E-state index contributed by atoms with van der Waals surface area (Å²) in [5, 5.41) is 7.90. The van der Waals surface area contributed by atoms with Crippen molar-refractivity contribution in [3.8, 4) is 5.75 Å². The van der Waals surface area contributed by atoms with E-state index in [-0.39, 0.29) is 27.7 Å². The first-order valence-corrected chi connectivity index (χ1v) is 9.28. The molecular weight excluding hydrogens is 441 g/mol. The summed E-state index contributed by atoms with van der Waals surface area (Å²) >= 11 is 5.10. The molecule has 0 fully saturated rings. The molecule has 2 aromatic rings. The summed E-state index contributed by atoms with van der Waals surface area (Å²) in [5.74, 6) is -1.07. The zero-order chi connectivity index (χ0) is 22.8. The summed E-state index contributed by atoms with van der Waals surface area (Å²) in [6, 6.07) is 9.22. The Kier molecular flexibility index (Phi) is 6.44. The molecular formula is C20H16F5N3O2S. The Balaban J connectivity index is 2.02. The van der Waals surface area contributed by atoms with Gasteiger partial charge in [-0.2, -0.15) is 22.0 Å². The van der Waals surface area contributed by atoms with Crippen LogP contribution in [0.4, 0.5) is 27.6 Å². The lowest BCUT2D eigenvalue weighted by atomic mass is 9.94. The molecule has 3 rings (SSSR count). The van der Waals surface area contributed by atoms with Gasteiger partial charge in [0.15, 0.2) is 5.11 Å². The summed E-state index contributed by atoms with van der Waals surface area (Å²) in [6.07, 6.45) is -4.69. The highest BCUT2D eigenvalue weighted by Gasteiger charge is 2.36. The van der Waals surface area contributed by atoms with Crippen molar-refractivity contribution in [2.45, 2.75) is 25.8 Å². The Morgan fingerprint density at radius 1 is 1.13 bits per heavy atom. The highest BCUT2D eigenvalue weighted by molar-refractivity contribution is 7.80. The number of allylic oxidation sites excluding steroid dienone is 1. The minimum atomic E-state index is -4.69. The van der Waals surface area contributed by atoms with Gasteiger partial charge < -0.3 is 20.7 Å². The van der Waals surface area contributed by atoms with E-state index in [4.69, 9.17) is 12.2 Å². The molecule has 0 saturated heterocycles. The molecule has 0 bridgehead atoms. The topological polar surface area (TPSA) is 62.4 Å². The zero-order valence-corrected chi connectivity index (χ0v) is 16.7. The number of ether oxygens (including phenoxy) is 1. The molecule has 1 aliphatic heterocycles. The summed E-state index contributed by atoms with van der Waals surface area (Å²) < 4.78 is 70.1. The number of rotatable bonds is 5. The van der Waals surface area contributed by atoms with Crippen molar-refractivity contribution in [1.82, 2.24) is 10.6 Å². The first kappa shape index (κ1) is 22.5. The second-order valence-electron chi connectivity index (χ2n) is 6.48. The van der Waals surface area contributed by atoms with Crippen LogP contribution in [0.25, 0.3) is 0 Å². The summed E-state index contributed by atoms with van der Waals surface area (Å²) in [7, 11) is 0. The van der Waals surface area contributed by atoms with E-state index in [1.165, 1.54) is 37.3 Å². The van der Waals surface area contributed by atoms with Gasteiger partial charge in [-0.05, 0) is 37.3 Å². The number of anilines is 1. The van der Waals surface area contributed by atoms with Gasteiger partial charge in [0.2, 0.25) is 0 Å². The molecule has 0 saturated carbocycles. The van der Waals surface area contributed by atoms with E-state index < -0.39 is 36.0 Å². The van der Waals surface area contributed by atoms with Gasteiger partial charge in [-0.15, -0.1) is 0 Å². The van der Waals surface area contributed by atoms with Crippen LogP contribution in [0, 0.1) is 0 Å². The molecule has 164 valence electrons. The highest BCUT2D eigenvalue weighted by Crippen LogP contribution is 2.37. The predicted octanol–water partition coefficient (Wildman–Crippen LogP) is 4.74. The molecule has 0 radical (unpaired) electrons. The van der Waals surface area contributed by atoms with Crippen LogP contribution in [0.5, 0.6) is 5.75 Å². The summed E-state index contributed by atoms with van der Waals surface area (Å²) in [5.41, 5.74) is -1.07. The molecule has 1 atom stereocenters. The van der Waals surface area contributed by atoms with Crippen LogP contribution in [0.1, 0.15) is 24.1 Å². The second kappa shape index (κ2) is 8.88. The maximum absolute atomic E-state index is 13.3. The third kappa shape index (κ3) is 5.10. The van der Waals surface area contributed by atoms with Gasteiger partial charge in [-0.25, -0.2) is 0 Å². The molecule has 5 nitrogen and oxygen atoms in total. The first-order valence-electron chi connectivity index (χ1n) is 8.87. The molecule has 31 heavy (non-hydrogen) atoms. The number of benzene rings is 2. The Hall–Kier alpha value is -3.21. The van der Waals surface area contributed by atoms with E-state index in [1.54, 1.807) is 6.07 Å². The van der Waals surface area contributed by atoms with Gasteiger partial charge >= 0.3 is 12.8 Å². The molecule has 1 heterocycles. The zero-order valence-electron chi connectivity index (χ0n) is 15.9. The predicted molar refractivity (Wildman–Crippen MR) is 107 cm³/mol. The maximum atomic E-state index is 13.3. The monoisotopic (exact) mass is 457 g/mol. The van der Waals surface area contributed by atoms with E-state index in [0.29, 0.717) is 0 Å². The fraction of sp³-hybridized carbons (Fsp3) is 0.200. The number of para-hydroxylation sites is 2. The molecule has 1 amide bonds. The number of nitrogens with one attached hydrogen (secondary N) is 3. The van der Waals surface area contributed by atoms with E-state index >= 15 is 0 Å². The van der Waals surface area contributed by atoms with E-state index in [2.05, 4.69) is 20.7 Å². The average Bonchev–Trinajstić information content (AvgIpc) is 2.66. The number of halogens is 5. The van der Waals surface area contributed by atoms with Crippen LogP contribution in [0.3, 0.4) is 0 Å². The molecule has 1 aliphatic rings. The number of carbonyl (C=O) groups excluding carboxylic acids is 1. The van der Waals surface area contributed by atoms with Gasteiger partial charge in [0, 0.05) is 11.3 Å². The number of hydrogen-bond acceptors (Lipinski definition) is 3. The fourth-order valence-corrected chi connectivity index (χ4v) is 3.45. The number of carbonyl (C=O) groups is 1. The Morgan fingerprint density at radius 2 is 1.77 bits per heavy atom. The second-order valence-corrected chi connectivity index (χ2v) is 6.89. The van der Waals surface area contributed by atoms with Crippen LogP contribution in [-0.4, -0.2) is 17.6 Å². The smallest absolute Gasteiger partial charge is 0.418 e. The summed E-state index contributed by atoms with van der Waals surface area (Å²) in [6.45, 7) is -1.61. The van der Waals surface area contributed by atoms with Gasteiger partial charge in [-0.1, -0.05) is 30.3 Å². The Labute approximate surface area is 179 Å². The quantitative estimate of drug-likeness (QED) is 0.447. The van der Waals surface area contributed by atoms with Crippen LogP contribution in [0.15, 0.2) is 59.8 Å². The highest BCUT2D eigenvalue weighted by atomic mass is 32.1. The van der Waals surface area contributed by atoms with Gasteiger partial charge in [0.25, 0.3) is 5.91 Å². The minimum Gasteiger partial charge on any atom is -0.434 e. The minimum absolute atomic E-state index is 0.0316. The maximum Gasteiger partial charge on any atom is 0.418 e. The number of amides is 1. The van der Waals surface area contributed by atoms with Crippen molar-refractivity contribution < 1.29 is 31.5 Å². The molecule has 0 spiro atoms. The van der Waals surface area contributed by atoms with Gasteiger partial charge in [0.1, 0.15) is 5.75 Å². The van der Waals surface area contributed by atoms with E-state index in [1.807, 2.05) is 0 Å². The fourth-order valence-electron chi connectivity index (χ4n) is 3.18. The van der Waals surface area contributed by atoms with E-state index in [9.17, 15) is 26.7 Å². The SMILES string of the molecule is CC1=C(C(=O)Nc2ccccc2C(F)(F)F)[C@@H](c2ccccc2OC(F)F)NC(=S)N1. The normalized spacial score (nSPS) is 16.6. The standard InChI is InChI=1S/C20H16F5N3O2S/c1-10-15(17(29)27-13-8-4-3-7-12(13)20(23,24)25)16(28-19(31)26-10)11-6-2-5-9-14(11)30-18(21)22/h2-9,16,18H,1H3,(H,27,29)(H2,26,28,31)/t16-/m1/s1. The Morgan fingerprint density at radius 3 is 2.45 bits per heavy atom. The van der Waals surface area contributed by atoms with Crippen molar-refractivity contribution in [2.75, 3.05) is 5.32 Å². The van der Waals surface area contributed by atoms with Crippen molar-refractivity contribution in [3.63, 3.8) is 0 Å². The molecule has 3 N–H and O–H groups in total. The van der Waals surface area contributed by atoms with Crippen LogP contribution in [-0.2, 0) is 11.0 Å². The lowest BCUT2D eigenvalue weighted by Crippen LogP contribution is -2.46. The third-order valence-electron chi connectivity index (χ3n) is 4.44. The molecule has 0 aliphatic carbocycles.